The van der Waals surface area contributed by atoms with Gasteiger partial charge in [0.25, 0.3) is 0 Å². The Bertz CT molecular complexity index is 2530. The maximum absolute atomic E-state index is 5.18. The first kappa shape index (κ1) is 31.0. The third-order valence-electron chi connectivity index (χ3n) is 9.53. The van der Waals surface area contributed by atoms with Crippen molar-refractivity contribution in [3.05, 3.63) is 200 Å². The van der Waals surface area contributed by atoms with Gasteiger partial charge in [-0.05, 0) is 73.5 Å². The summed E-state index contributed by atoms with van der Waals surface area (Å²) in [6, 6.07) is 70.0. The van der Waals surface area contributed by atoms with Crippen LogP contribution in [0.2, 0.25) is 0 Å². The van der Waals surface area contributed by atoms with Gasteiger partial charge in [0.05, 0.1) is 0 Å². The SMILES string of the molecule is c1ccc(-c2ccc(-c3nc(-c4ccc(-c5ccccc5)cc4)nc(-c4cc(-c5ccccc5)cc(-c5cccc6ccccc56)c4)n3)cc2)cc1. The van der Waals surface area contributed by atoms with Gasteiger partial charge < -0.3 is 0 Å². The van der Waals surface area contributed by atoms with E-state index in [0.29, 0.717) is 17.5 Å². The van der Waals surface area contributed by atoms with E-state index in [1.807, 2.05) is 12.1 Å². The second-order valence-corrected chi connectivity index (χ2v) is 12.9. The van der Waals surface area contributed by atoms with Crippen molar-refractivity contribution < 1.29 is 0 Å². The zero-order valence-corrected chi connectivity index (χ0v) is 28.4. The van der Waals surface area contributed by atoms with Gasteiger partial charge in [-0.3, -0.25) is 0 Å². The number of aromatic nitrogens is 3. The first-order chi connectivity index (χ1) is 25.7. The predicted octanol–water partition coefficient (Wildman–Crippen LogP) is 12.7. The molecule has 0 atom stereocenters. The van der Waals surface area contributed by atoms with Gasteiger partial charge in [0, 0.05) is 16.7 Å². The lowest BCUT2D eigenvalue weighted by molar-refractivity contribution is 1.07. The highest BCUT2D eigenvalue weighted by atomic mass is 15.0. The van der Waals surface area contributed by atoms with E-state index >= 15 is 0 Å². The van der Waals surface area contributed by atoms with Crippen molar-refractivity contribution in [2.24, 2.45) is 0 Å². The zero-order chi connectivity index (χ0) is 34.7. The molecule has 0 bridgehead atoms. The van der Waals surface area contributed by atoms with Crippen molar-refractivity contribution in [1.82, 2.24) is 15.0 Å². The number of rotatable bonds is 7. The number of nitrogens with zero attached hydrogens (tertiary/aromatic N) is 3. The van der Waals surface area contributed by atoms with Gasteiger partial charge in [-0.25, -0.2) is 15.0 Å². The fourth-order valence-electron chi connectivity index (χ4n) is 6.83. The van der Waals surface area contributed by atoms with Gasteiger partial charge in [0.1, 0.15) is 0 Å². The van der Waals surface area contributed by atoms with Crippen LogP contribution in [0.15, 0.2) is 200 Å². The molecule has 0 aliphatic rings. The summed E-state index contributed by atoms with van der Waals surface area (Å²) in [6.45, 7) is 0. The second kappa shape index (κ2) is 13.7. The minimum Gasteiger partial charge on any atom is -0.208 e. The minimum atomic E-state index is 0.624. The molecule has 0 radical (unpaired) electrons. The summed E-state index contributed by atoms with van der Waals surface area (Å²) in [4.78, 5) is 15.4. The van der Waals surface area contributed by atoms with Crippen LogP contribution in [-0.2, 0) is 0 Å². The minimum absolute atomic E-state index is 0.624. The highest BCUT2D eigenvalue weighted by Crippen LogP contribution is 2.36. The van der Waals surface area contributed by atoms with Gasteiger partial charge >= 0.3 is 0 Å². The molecule has 0 N–H and O–H groups in total. The molecule has 1 aromatic heterocycles. The van der Waals surface area contributed by atoms with Crippen LogP contribution in [0.3, 0.4) is 0 Å². The van der Waals surface area contributed by atoms with Crippen molar-refractivity contribution in [3.8, 4) is 78.7 Å². The lowest BCUT2D eigenvalue weighted by atomic mass is 9.93. The number of benzene rings is 8. The molecule has 0 fully saturated rings. The van der Waals surface area contributed by atoms with Crippen LogP contribution in [0.25, 0.3) is 89.4 Å². The molecule has 0 aliphatic heterocycles. The normalized spacial score (nSPS) is 11.1. The Kier molecular flexibility index (Phi) is 8.20. The molecule has 9 aromatic rings. The topological polar surface area (TPSA) is 38.7 Å². The maximum Gasteiger partial charge on any atom is 0.164 e. The quantitative estimate of drug-likeness (QED) is 0.170. The molecular formula is C49H33N3. The van der Waals surface area contributed by atoms with E-state index in [1.54, 1.807) is 0 Å². The Hall–Kier alpha value is -6.97. The van der Waals surface area contributed by atoms with Crippen molar-refractivity contribution in [1.29, 1.82) is 0 Å². The van der Waals surface area contributed by atoms with Crippen LogP contribution in [-0.4, -0.2) is 15.0 Å². The van der Waals surface area contributed by atoms with Gasteiger partial charge in [-0.15, -0.1) is 0 Å². The van der Waals surface area contributed by atoms with Crippen molar-refractivity contribution >= 4 is 10.8 Å². The van der Waals surface area contributed by atoms with Gasteiger partial charge in [0.15, 0.2) is 17.5 Å². The van der Waals surface area contributed by atoms with Crippen LogP contribution in [0, 0.1) is 0 Å². The Morgan fingerprint density at radius 3 is 1.13 bits per heavy atom. The van der Waals surface area contributed by atoms with E-state index in [0.717, 1.165) is 44.5 Å². The summed E-state index contributed by atoms with van der Waals surface area (Å²) in [6.07, 6.45) is 0. The molecule has 0 unspecified atom stereocenters. The van der Waals surface area contributed by atoms with Crippen LogP contribution in [0.5, 0.6) is 0 Å². The summed E-state index contributed by atoms with van der Waals surface area (Å²) in [5.41, 5.74) is 11.9. The average Bonchev–Trinajstić information content (AvgIpc) is 3.24. The van der Waals surface area contributed by atoms with Crippen LogP contribution < -0.4 is 0 Å². The highest BCUT2D eigenvalue weighted by molar-refractivity contribution is 5.98. The summed E-state index contributed by atoms with van der Waals surface area (Å²) in [5.74, 6) is 1.88. The second-order valence-electron chi connectivity index (χ2n) is 12.9. The lowest BCUT2D eigenvalue weighted by Gasteiger charge is -2.14. The van der Waals surface area contributed by atoms with Gasteiger partial charge in [0.2, 0.25) is 0 Å². The molecule has 3 heteroatoms. The molecule has 0 amide bonds. The average molecular weight is 664 g/mol. The van der Waals surface area contributed by atoms with E-state index in [4.69, 9.17) is 15.0 Å². The predicted molar refractivity (Wildman–Crippen MR) is 215 cm³/mol. The fourth-order valence-corrected chi connectivity index (χ4v) is 6.83. The van der Waals surface area contributed by atoms with Crippen molar-refractivity contribution in [3.63, 3.8) is 0 Å². The molecule has 244 valence electrons. The molecule has 8 aromatic carbocycles. The van der Waals surface area contributed by atoms with E-state index in [9.17, 15) is 0 Å². The smallest absolute Gasteiger partial charge is 0.164 e. The summed E-state index contributed by atoms with van der Waals surface area (Å²) >= 11 is 0. The molecular weight excluding hydrogens is 631 g/mol. The molecule has 0 saturated carbocycles. The third-order valence-corrected chi connectivity index (χ3v) is 9.53. The molecule has 9 rings (SSSR count). The van der Waals surface area contributed by atoms with E-state index in [2.05, 4.69) is 188 Å². The summed E-state index contributed by atoms with van der Waals surface area (Å²) in [7, 11) is 0. The molecule has 3 nitrogen and oxygen atoms in total. The number of fused-ring (bicyclic) bond motifs is 1. The Morgan fingerprint density at radius 2 is 0.596 bits per heavy atom. The first-order valence-corrected chi connectivity index (χ1v) is 17.5. The van der Waals surface area contributed by atoms with Crippen LogP contribution in [0.4, 0.5) is 0 Å². The Balaban J connectivity index is 1.22. The first-order valence-electron chi connectivity index (χ1n) is 17.5. The zero-order valence-electron chi connectivity index (χ0n) is 28.4. The van der Waals surface area contributed by atoms with Crippen LogP contribution in [0.1, 0.15) is 0 Å². The highest BCUT2D eigenvalue weighted by Gasteiger charge is 2.16. The largest absolute Gasteiger partial charge is 0.208 e. The molecule has 1 heterocycles. The number of hydrogen-bond acceptors (Lipinski definition) is 3. The third kappa shape index (κ3) is 6.28. The van der Waals surface area contributed by atoms with Crippen LogP contribution >= 0.6 is 0 Å². The Morgan fingerprint density at radius 1 is 0.231 bits per heavy atom. The molecule has 0 aliphatic carbocycles. The Labute approximate surface area is 303 Å². The van der Waals surface area contributed by atoms with E-state index in [1.165, 1.54) is 27.5 Å². The van der Waals surface area contributed by atoms with E-state index in [-0.39, 0.29) is 0 Å². The maximum atomic E-state index is 5.18. The van der Waals surface area contributed by atoms with Gasteiger partial charge in [-0.1, -0.05) is 182 Å². The molecule has 0 saturated heterocycles. The molecule has 0 spiro atoms. The number of hydrogen-bond donors (Lipinski definition) is 0. The fraction of sp³-hybridized carbons (Fsp3) is 0. The monoisotopic (exact) mass is 663 g/mol. The summed E-state index contributed by atoms with van der Waals surface area (Å²) in [5, 5.41) is 2.41. The lowest BCUT2D eigenvalue weighted by Crippen LogP contribution is -2.01. The van der Waals surface area contributed by atoms with Crippen molar-refractivity contribution in [2.45, 2.75) is 0 Å². The van der Waals surface area contributed by atoms with Gasteiger partial charge in [-0.2, -0.15) is 0 Å². The van der Waals surface area contributed by atoms with E-state index < -0.39 is 0 Å². The summed E-state index contributed by atoms with van der Waals surface area (Å²) < 4.78 is 0. The standard InChI is InChI=1S/C49H33N3/c1-4-13-34(14-5-1)37-23-27-40(28-24-37)47-50-48(41-29-25-38(26-30-41)35-15-6-2-7-16-35)52-49(51-47)44-32-42(36-17-8-3-9-18-36)31-43(33-44)46-22-12-20-39-19-10-11-21-45(39)46/h1-33H. The van der Waals surface area contributed by atoms with Crippen molar-refractivity contribution in [2.75, 3.05) is 0 Å². The molecule has 52 heavy (non-hydrogen) atoms.